The number of nitrogens with zero attached hydrogens (tertiary/aromatic N) is 5. The number of hydrogen-bond acceptors (Lipinski definition) is 7. The topological polar surface area (TPSA) is 82.4 Å². The molecule has 2 fully saturated rings. The number of rotatable bonds is 8. The molecule has 0 N–H and O–H groups in total. The number of halogens is 1. The number of oxazole rings is 1. The molecular formula is C24H32ClN5O4. The molecule has 0 radical (unpaired) electrons. The van der Waals surface area contributed by atoms with Crippen molar-refractivity contribution in [1.29, 1.82) is 0 Å². The van der Waals surface area contributed by atoms with E-state index in [0.29, 0.717) is 55.9 Å². The molecule has 0 bridgehead atoms. The van der Waals surface area contributed by atoms with E-state index >= 15 is 0 Å². The Labute approximate surface area is 205 Å². The summed E-state index contributed by atoms with van der Waals surface area (Å²) in [5.41, 5.74) is 1.42. The highest BCUT2D eigenvalue weighted by Gasteiger charge is 2.25. The van der Waals surface area contributed by atoms with Gasteiger partial charge in [-0.1, -0.05) is 23.7 Å². The number of aromatic nitrogens is 1. The second kappa shape index (κ2) is 11.8. The molecule has 2 aliphatic rings. The van der Waals surface area contributed by atoms with Gasteiger partial charge >= 0.3 is 0 Å². The van der Waals surface area contributed by atoms with E-state index in [4.69, 9.17) is 20.8 Å². The Balaban J connectivity index is 1.38. The average molecular weight is 490 g/mol. The molecule has 0 atom stereocenters. The van der Waals surface area contributed by atoms with Crippen molar-refractivity contribution in [2.75, 3.05) is 65.6 Å². The monoisotopic (exact) mass is 489 g/mol. The first-order chi connectivity index (χ1) is 16.5. The van der Waals surface area contributed by atoms with Gasteiger partial charge in [0.05, 0.1) is 19.8 Å². The number of carbonyl (C=O) groups is 2. The third kappa shape index (κ3) is 6.79. The van der Waals surface area contributed by atoms with Crippen LogP contribution in [0.15, 0.2) is 34.9 Å². The minimum atomic E-state index is -0.159. The van der Waals surface area contributed by atoms with Crippen molar-refractivity contribution in [3.8, 4) is 0 Å². The van der Waals surface area contributed by atoms with Gasteiger partial charge in [0.2, 0.25) is 11.8 Å². The van der Waals surface area contributed by atoms with E-state index in [9.17, 15) is 9.59 Å². The Morgan fingerprint density at radius 1 is 1.06 bits per heavy atom. The summed E-state index contributed by atoms with van der Waals surface area (Å²) in [7, 11) is 0. The molecule has 10 heteroatoms. The molecule has 0 spiro atoms. The lowest BCUT2D eigenvalue weighted by Crippen LogP contribution is -2.50. The Kier molecular flexibility index (Phi) is 8.55. The fraction of sp³-hybridized carbons (Fsp3) is 0.542. The molecular weight excluding hydrogens is 458 g/mol. The van der Waals surface area contributed by atoms with Gasteiger partial charge in [0.15, 0.2) is 5.69 Å². The zero-order valence-electron chi connectivity index (χ0n) is 19.6. The molecule has 2 aromatic rings. The lowest BCUT2D eigenvalue weighted by molar-refractivity contribution is -0.130. The molecule has 3 heterocycles. The minimum absolute atomic E-state index is 0.0349. The molecule has 184 valence electrons. The summed E-state index contributed by atoms with van der Waals surface area (Å²) in [5.74, 6) is 0.385. The maximum Gasteiger partial charge on any atom is 0.275 e. The highest BCUT2D eigenvalue weighted by molar-refractivity contribution is 6.30. The molecule has 1 aromatic heterocycles. The fourth-order valence-corrected chi connectivity index (χ4v) is 4.49. The number of morpholine rings is 1. The van der Waals surface area contributed by atoms with E-state index < -0.39 is 0 Å². The Morgan fingerprint density at radius 2 is 1.79 bits per heavy atom. The number of amides is 2. The van der Waals surface area contributed by atoms with Crippen molar-refractivity contribution in [2.24, 2.45) is 0 Å². The Morgan fingerprint density at radius 3 is 2.50 bits per heavy atom. The highest BCUT2D eigenvalue weighted by atomic mass is 35.5. The lowest BCUT2D eigenvalue weighted by atomic mass is 10.2. The highest BCUT2D eigenvalue weighted by Crippen LogP contribution is 2.16. The van der Waals surface area contributed by atoms with E-state index in [1.807, 2.05) is 18.2 Å². The van der Waals surface area contributed by atoms with Crippen LogP contribution in [0.2, 0.25) is 5.02 Å². The van der Waals surface area contributed by atoms with Crippen molar-refractivity contribution in [3.63, 3.8) is 0 Å². The van der Waals surface area contributed by atoms with Gasteiger partial charge in [-0.2, -0.15) is 0 Å². The molecule has 9 nitrogen and oxygen atoms in total. The standard InChI is InChI=1S/C24H32ClN5O4/c1-19(31)29-7-9-30(10-8-29)24(32)22-18-34-23(26-22)17-28(6-5-27-11-13-33-14-12-27)16-20-3-2-4-21(25)15-20/h2-4,15,18H,5-14,16-17H2,1H3. The van der Waals surface area contributed by atoms with Gasteiger partial charge in [-0.15, -0.1) is 0 Å². The van der Waals surface area contributed by atoms with Crippen LogP contribution in [0.3, 0.4) is 0 Å². The summed E-state index contributed by atoms with van der Waals surface area (Å²) in [4.78, 5) is 37.0. The molecule has 2 saturated heterocycles. The van der Waals surface area contributed by atoms with Crippen molar-refractivity contribution in [2.45, 2.75) is 20.0 Å². The van der Waals surface area contributed by atoms with Gasteiger partial charge in [-0.05, 0) is 17.7 Å². The van der Waals surface area contributed by atoms with E-state index in [2.05, 4.69) is 20.9 Å². The second-order valence-electron chi connectivity index (χ2n) is 8.72. The first-order valence-electron chi connectivity index (χ1n) is 11.7. The lowest BCUT2D eigenvalue weighted by Gasteiger charge is -2.33. The van der Waals surface area contributed by atoms with Crippen molar-refractivity contribution >= 4 is 23.4 Å². The Bertz CT molecular complexity index is 970. The van der Waals surface area contributed by atoms with Crippen LogP contribution in [0.4, 0.5) is 0 Å². The molecule has 2 aliphatic heterocycles. The van der Waals surface area contributed by atoms with Crippen molar-refractivity contribution < 1.29 is 18.7 Å². The van der Waals surface area contributed by atoms with Crippen LogP contribution >= 0.6 is 11.6 Å². The molecule has 1 aromatic carbocycles. The van der Waals surface area contributed by atoms with Crippen LogP contribution in [0.5, 0.6) is 0 Å². The fourth-order valence-electron chi connectivity index (χ4n) is 4.27. The largest absolute Gasteiger partial charge is 0.447 e. The van der Waals surface area contributed by atoms with Gasteiger partial charge < -0.3 is 19.0 Å². The van der Waals surface area contributed by atoms with Gasteiger partial charge in [0.25, 0.3) is 5.91 Å². The van der Waals surface area contributed by atoms with Crippen molar-refractivity contribution in [1.82, 2.24) is 24.6 Å². The molecule has 2 amide bonds. The predicted molar refractivity (Wildman–Crippen MR) is 127 cm³/mol. The molecule has 4 rings (SSSR count). The molecule has 0 unspecified atom stereocenters. The minimum Gasteiger partial charge on any atom is -0.447 e. The number of hydrogen-bond donors (Lipinski definition) is 0. The maximum atomic E-state index is 12.9. The summed E-state index contributed by atoms with van der Waals surface area (Å²) >= 11 is 6.19. The van der Waals surface area contributed by atoms with Crippen molar-refractivity contribution in [3.05, 3.63) is 52.7 Å². The Hall–Kier alpha value is -2.46. The van der Waals surface area contributed by atoms with Gasteiger partial charge in [0, 0.05) is 70.8 Å². The van der Waals surface area contributed by atoms with E-state index in [0.717, 1.165) is 45.0 Å². The summed E-state index contributed by atoms with van der Waals surface area (Å²) in [6, 6.07) is 7.84. The normalized spacial score (nSPS) is 17.4. The first kappa shape index (κ1) is 24.7. The number of carbonyl (C=O) groups excluding carboxylic acids is 2. The number of ether oxygens (including phenoxy) is 1. The summed E-state index contributed by atoms with van der Waals surface area (Å²) in [6.45, 7) is 9.95. The second-order valence-corrected chi connectivity index (χ2v) is 9.16. The molecule has 0 saturated carbocycles. The molecule has 34 heavy (non-hydrogen) atoms. The van der Waals surface area contributed by atoms with Gasteiger partial charge in [0.1, 0.15) is 6.26 Å². The predicted octanol–water partition coefficient (Wildman–Crippen LogP) is 1.97. The third-order valence-corrected chi connectivity index (χ3v) is 6.51. The first-order valence-corrected chi connectivity index (χ1v) is 12.1. The summed E-state index contributed by atoms with van der Waals surface area (Å²) in [6.07, 6.45) is 1.44. The van der Waals surface area contributed by atoms with E-state index in [1.165, 1.54) is 6.26 Å². The van der Waals surface area contributed by atoms with Gasteiger partial charge in [-0.3, -0.25) is 19.4 Å². The third-order valence-electron chi connectivity index (χ3n) is 6.27. The van der Waals surface area contributed by atoms with Crippen LogP contribution in [-0.4, -0.2) is 102 Å². The summed E-state index contributed by atoms with van der Waals surface area (Å²) < 4.78 is 11.1. The zero-order chi connectivity index (χ0) is 23.9. The zero-order valence-corrected chi connectivity index (χ0v) is 20.4. The van der Waals surface area contributed by atoms with Crippen LogP contribution in [0.1, 0.15) is 28.9 Å². The maximum absolute atomic E-state index is 12.9. The van der Waals surface area contributed by atoms with Crippen LogP contribution in [0.25, 0.3) is 0 Å². The smallest absolute Gasteiger partial charge is 0.275 e. The average Bonchev–Trinajstić information content (AvgIpc) is 3.31. The number of piperazine rings is 1. The summed E-state index contributed by atoms with van der Waals surface area (Å²) in [5, 5.41) is 0.708. The van der Waals surface area contributed by atoms with Crippen LogP contribution < -0.4 is 0 Å². The quantitative estimate of drug-likeness (QED) is 0.560. The van der Waals surface area contributed by atoms with Crippen LogP contribution in [-0.2, 0) is 22.6 Å². The molecule has 0 aliphatic carbocycles. The van der Waals surface area contributed by atoms with Crippen LogP contribution in [0, 0.1) is 0 Å². The van der Waals surface area contributed by atoms with E-state index in [1.54, 1.807) is 16.7 Å². The van der Waals surface area contributed by atoms with E-state index in [-0.39, 0.29) is 11.8 Å². The number of benzene rings is 1. The SMILES string of the molecule is CC(=O)N1CCN(C(=O)c2coc(CN(CCN3CCOCC3)Cc3cccc(Cl)c3)n2)CC1. The van der Waals surface area contributed by atoms with Gasteiger partial charge in [-0.25, -0.2) is 4.98 Å².